The summed E-state index contributed by atoms with van der Waals surface area (Å²) in [5.41, 5.74) is 1.02. The molecule has 4 aliphatic rings. The van der Waals surface area contributed by atoms with Crippen LogP contribution in [0.2, 0.25) is 0 Å². The molecule has 6 heteroatoms. The number of benzene rings is 1. The van der Waals surface area contributed by atoms with Gasteiger partial charge in [-0.2, -0.15) is 0 Å². The predicted molar refractivity (Wildman–Crippen MR) is 123 cm³/mol. The summed E-state index contributed by atoms with van der Waals surface area (Å²) in [6.45, 7) is 4.03. The Labute approximate surface area is 191 Å². The third-order valence-corrected chi connectivity index (χ3v) is 8.29. The van der Waals surface area contributed by atoms with E-state index in [0.717, 1.165) is 63.8 Å². The first-order chi connectivity index (χ1) is 15.7. The molecule has 1 aromatic carbocycles. The monoisotopic (exact) mass is 439 g/mol. The molecule has 3 heterocycles. The third kappa shape index (κ3) is 4.66. The van der Waals surface area contributed by atoms with Gasteiger partial charge >= 0.3 is 6.09 Å². The molecule has 174 valence electrons. The molecule has 6 nitrogen and oxygen atoms in total. The Balaban J connectivity index is 1.06. The number of ether oxygens (including phenoxy) is 1. The van der Waals surface area contributed by atoms with Gasteiger partial charge in [0.15, 0.2) is 0 Å². The smallest absolute Gasteiger partial charge is 0.410 e. The minimum atomic E-state index is -0.194. The number of hydrogen-bond acceptors (Lipinski definition) is 4. The topological polar surface area (TPSA) is 53.1 Å². The number of carbonyl (C=O) groups is 2. The van der Waals surface area contributed by atoms with Crippen molar-refractivity contribution in [2.24, 2.45) is 5.92 Å². The van der Waals surface area contributed by atoms with Crippen LogP contribution < -0.4 is 0 Å². The lowest BCUT2D eigenvalue weighted by Crippen LogP contribution is -2.53. The molecule has 3 aliphatic heterocycles. The Bertz CT molecular complexity index is 785. The van der Waals surface area contributed by atoms with Crippen LogP contribution in [0.1, 0.15) is 63.4 Å². The molecule has 3 saturated heterocycles. The van der Waals surface area contributed by atoms with Crippen molar-refractivity contribution in [1.82, 2.24) is 14.7 Å². The molecule has 1 saturated carbocycles. The van der Waals surface area contributed by atoms with Crippen molar-refractivity contribution < 1.29 is 14.3 Å². The molecular formula is C26H37N3O3. The molecule has 0 bridgehead atoms. The lowest BCUT2D eigenvalue weighted by Gasteiger charge is -2.45. The number of fused-ring (bicyclic) bond motifs is 1. The number of rotatable bonds is 4. The van der Waals surface area contributed by atoms with Gasteiger partial charge in [0, 0.05) is 50.7 Å². The van der Waals surface area contributed by atoms with Gasteiger partial charge in [0.05, 0.1) is 0 Å². The Hall–Kier alpha value is -2.08. The van der Waals surface area contributed by atoms with E-state index in [9.17, 15) is 9.59 Å². The van der Waals surface area contributed by atoms with Crippen LogP contribution in [0.5, 0.6) is 0 Å². The van der Waals surface area contributed by atoms with E-state index in [2.05, 4.69) is 9.80 Å². The molecule has 1 aliphatic carbocycles. The number of nitrogens with zero attached hydrogens (tertiary/aromatic N) is 3. The van der Waals surface area contributed by atoms with Crippen molar-refractivity contribution in [2.75, 3.05) is 26.2 Å². The normalized spacial score (nSPS) is 28.1. The lowest BCUT2D eigenvalue weighted by molar-refractivity contribution is -0.132. The van der Waals surface area contributed by atoms with Crippen molar-refractivity contribution in [1.29, 1.82) is 0 Å². The fraction of sp³-hybridized carbons (Fsp3) is 0.692. The summed E-state index contributed by atoms with van der Waals surface area (Å²) in [5.74, 6) is 1.04. The zero-order valence-electron chi connectivity index (χ0n) is 19.2. The average Bonchev–Trinajstić information content (AvgIpc) is 3.19. The van der Waals surface area contributed by atoms with E-state index in [4.69, 9.17) is 4.74 Å². The van der Waals surface area contributed by atoms with Crippen LogP contribution in [0.4, 0.5) is 4.79 Å². The third-order valence-electron chi connectivity index (χ3n) is 8.29. The second-order valence-corrected chi connectivity index (χ2v) is 10.1. The SMILES string of the molecule is O=C(OCc1ccccc1)N1CCC(N2CCC(N3C(=O)C[C@@H]4CCCC[C@@H]43)CC2)CC1. The van der Waals surface area contributed by atoms with E-state index in [0.29, 0.717) is 36.6 Å². The van der Waals surface area contributed by atoms with Gasteiger partial charge < -0.3 is 19.4 Å². The molecule has 5 rings (SSSR count). The number of likely N-dealkylation sites (tertiary alicyclic amines) is 3. The van der Waals surface area contributed by atoms with Crippen LogP contribution in [0.15, 0.2) is 30.3 Å². The van der Waals surface area contributed by atoms with E-state index in [1.165, 1.54) is 25.7 Å². The van der Waals surface area contributed by atoms with E-state index in [1.54, 1.807) is 0 Å². The summed E-state index contributed by atoms with van der Waals surface area (Å²) in [5, 5.41) is 0. The van der Waals surface area contributed by atoms with E-state index < -0.39 is 0 Å². The number of amides is 2. The highest BCUT2D eigenvalue weighted by atomic mass is 16.6. The van der Waals surface area contributed by atoms with Crippen LogP contribution in [0.3, 0.4) is 0 Å². The van der Waals surface area contributed by atoms with Crippen molar-refractivity contribution >= 4 is 12.0 Å². The standard InChI is InChI=1S/C26H37N3O3/c30-25-18-21-8-4-5-9-24(21)29(25)23-12-14-27(15-13-23)22-10-16-28(17-11-22)26(31)32-19-20-6-2-1-3-7-20/h1-3,6-7,21-24H,4-5,8-19H2/t21-,24-/m0/s1. The van der Waals surface area contributed by atoms with E-state index in [-0.39, 0.29) is 6.09 Å². The largest absolute Gasteiger partial charge is 0.445 e. The fourth-order valence-corrected chi connectivity index (χ4v) is 6.53. The Kier molecular flexibility index (Phi) is 6.67. The number of piperidine rings is 2. The highest BCUT2D eigenvalue weighted by Crippen LogP contribution is 2.39. The van der Waals surface area contributed by atoms with Gasteiger partial charge in [0.25, 0.3) is 0 Å². The molecule has 0 radical (unpaired) electrons. The van der Waals surface area contributed by atoms with Gasteiger partial charge in [-0.3, -0.25) is 4.79 Å². The summed E-state index contributed by atoms with van der Waals surface area (Å²) < 4.78 is 5.51. The molecule has 4 fully saturated rings. The lowest BCUT2D eigenvalue weighted by atomic mass is 9.84. The molecule has 0 N–H and O–H groups in total. The van der Waals surface area contributed by atoms with Gasteiger partial charge in [-0.1, -0.05) is 43.2 Å². The Morgan fingerprint density at radius 2 is 1.56 bits per heavy atom. The number of hydrogen-bond donors (Lipinski definition) is 0. The summed E-state index contributed by atoms with van der Waals surface area (Å²) >= 11 is 0. The molecule has 0 unspecified atom stereocenters. The predicted octanol–water partition coefficient (Wildman–Crippen LogP) is 4.04. The van der Waals surface area contributed by atoms with Crippen LogP contribution in [-0.4, -0.2) is 71.0 Å². The highest BCUT2D eigenvalue weighted by molar-refractivity contribution is 5.79. The summed E-state index contributed by atoms with van der Waals surface area (Å²) in [6.07, 6.45) is 9.90. The molecule has 0 aromatic heterocycles. The molecule has 2 atom stereocenters. The van der Waals surface area contributed by atoms with Gasteiger partial charge in [0.2, 0.25) is 5.91 Å². The average molecular weight is 440 g/mol. The molecule has 2 amide bonds. The summed E-state index contributed by atoms with van der Waals surface area (Å²) in [7, 11) is 0. The first-order valence-corrected chi connectivity index (χ1v) is 12.7. The van der Waals surface area contributed by atoms with Gasteiger partial charge in [0.1, 0.15) is 6.61 Å². The summed E-state index contributed by atoms with van der Waals surface area (Å²) in [4.78, 5) is 32.0. The van der Waals surface area contributed by atoms with Crippen LogP contribution >= 0.6 is 0 Å². The van der Waals surface area contributed by atoms with Crippen molar-refractivity contribution in [3.05, 3.63) is 35.9 Å². The Morgan fingerprint density at radius 1 is 0.875 bits per heavy atom. The zero-order chi connectivity index (χ0) is 21.9. The summed E-state index contributed by atoms with van der Waals surface area (Å²) in [6, 6.07) is 11.4. The molecule has 1 aromatic rings. The quantitative estimate of drug-likeness (QED) is 0.710. The van der Waals surface area contributed by atoms with Gasteiger partial charge in [-0.25, -0.2) is 4.79 Å². The fourth-order valence-electron chi connectivity index (χ4n) is 6.53. The van der Waals surface area contributed by atoms with E-state index in [1.807, 2.05) is 35.2 Å². The zero-order valence-corrected chi connectivity index (χ0v) is 19.2. The van der Waals surface area contributed by atoms with Crippen molar-refractivity contribution in [2.45, 2.75) is 82.5 Å². The van der Waals surface area contributed by atoms with Crippen molar-refractivity contribution in [3.63, 3.8) is 0 Å². The highest BCUT2D eigenvalue weighted by Gasteiger charge is 2.44. The maximum atomic E-state index is 12.7. The minimum Gasteiger partial charge on any atom is -0.445 e. The van der Waals surface area contributed by atoms with Crippen LogP contribution in [-0.2, 0) is 16.1 Å². The molecule has 32 heavy (non-hydrogen) atoms. The molecular weight excluding hydrogens is 402 g/mol. The number of carbonyl (C=O) groups excluding carboxylic acids is 2. The van der Waals surface area contributed by atoms with Gasteiger partial charge in [-0.05, 0) is 50.0 Å². The van der Waals surface area contributed by atoms with E-state index >= 15 is 0 Å². The van der Waals surface area contributed by atoms with Crippen LogP contribution in [0, 0.1) is 5.92 Å². The van der Waals surface area contributed by atoms with Crippen molar-refractivity contribution in [3.8, 4) is 0 Å². The van der Waals surface area contributed by atoms with Gasteiger partial charge in [-0.15, -0.1) is 0 Å². The van der Waals surface area contributed by atoms with Crippen LogP contribution in [0.25, 0.3) is 0 Å². The molecule has 0 spiro atoms. The first-order valence-electron chi connectivity index (χ1n) is 12.7. The maximum absolute atomic E-state index is 12.7. The minimum absolute atomic E-state index is 0.194. The second-order valence-electron chi connectivity index (χ2n) is 10.1. The Morgan fingerprint density at radius 3 is 2.31 bits per heavy atom. The first kappa shape index (κ1) is 21.7. The second kappa shape index (κ2) is 9.82. The maximum Gasteiger partial charge on any atom is 0.410 e.